The normalized spacial score (nSPS) is 11.4. The molecule has 0 radical (unpaired) electrons. The maximum Gasteiger partial charge on any atom is 0.348 e. The number of hydrogen-bond acceptors (Lipinski definition) is 5. The quantitative estimate of drug-likeness (QED) is 0.852. The van der Waals surface area contributed by atoms with Gasteiger partial charge in [0.2, 0.25) is 0 Å². The van der Waals surface area contributed by atoms with E-state index in [-0.39, 0.29) is 4.21 Å². The average molecular weight is 283 g/mol. The van der Waals surface area contributed by atoms with Crippen LogP contribution in [0.1, 0.15) is 5.56 Å². The first-order chi connectivity index (χ1) is 8.62. The van der Waals surface area contributed by atoms with Crippen LogP contribution in [-0.2, 0) is 16.5 Å². The van der Waals surface area contributed by atoms with Crippen molar-refractivity contribution in [1.29, 1.82) is 0 Å². The molecule has 0 aliphatic heterocycles. The van der Waals surface area contributed by atoms with Crippen molar-refractivity contribution >= 4 is 21.5 Å². The molecule has 0 spiro atoms. The summed E-state index contributed by atoms with van der Waals surface area (Å²) >= 11 is 1.13. The maximum absolute atomic E-state index is 11.8. The smallest absolute Gasteiger partial charge is 0.348 e. The zero-order chi connectivity index (χ0) is 13.0. The Morgan fingerprint density at radius 1 is 1.17 bits per heavy atom. The van der Waals surface area contributed by atoms with Crippen molar-refractivity contribution in [3.05, 3.63) is 47.3 Å². The van der Waals surface area contributed by atoms with Gasteiger partial charge in [0.15, 0.2) is 4.21 Å². The summed E-state index contributed by atoms with van der Waals surface area (Å²) in [7, 11) is -3.70. The molecular formula is C12H13NO3S2. The van der Waals surface area contributed by atoms with Crippen LogP contribution in [0, 0.1) is 0 Å². The molecular weight excluding hydrogens is 270 g/mol. The summed E-state index contributed by atoms with van der Waals surface area (Å²) in [6.07, 6.45) is 0.762. The van der Waals surface area contributed by atoms with Gasteiger partial charge in [0.25, 0.3) is 0 Å². The lowest BCUT2D eigenvalue weighted by Gasteiger charge is -2.05. The minimum absolute atomic E-state index is 0.202. The topological polar surface area (TPSA) is 69.4 Å². The molecule has 1 aromatic heterocycles. The standard InChI is InChI=1S/C12H13NO3S2/c13-8-7-10-3-5-11(6-4-10)16-18(14,15)12-2-1-9-17-12/h1-6,9H,7-8,13H2. The van der Waals surface area contributed by atoms with Gasteiger partial charge in [0.1, 0.15) is 5.75 Å². The minimum Gasteiger partial charge on any atom is -0.378 e. The highest BCUT2D eigenvalue weighted by molar-refractivity contribution is 7.89. The predicted molar refractivity (Wildman–Crippen MR) is 71.3 cm³/mol. The van der Waals surface area contributed by atoms with E-state index in [1.165, 1.54) is 6.07 Å². The molecule has 2 N–H and O–H groups in total. The lowest BCUT2D eigenvalue weighted by atomic mass is 10.1. The van der Waals surface area contributed by atoms with Crippen LogP contribution in [0.2, 0.25) is 0 Å². The van der Waals surface area contributed by atoms with Crippen LogP contribution in [-0.4, -0.2) is 15.0 Å². The first kappa shape index (κ1) is 13.1. The fraction of sp³-hybridized carbons (Fsp3) is 0.167. The van der Waals surface area contributed by atoms with Crippen LogP contribution in [0.4, 0.5) is 0 Å². The van der Waals surface area contributed by atoms with Gasteiger partial charge in [-0.1, -0.05) is 18.2 Å². The third kappa shape index (κ3) is 3.10. The first-order valence-electron chi connectivity index (χ1n) is 5.39. The first-order valence-corrected chi connectivity index (χ1v) is 7.67. The summed E-state index contributed by atoms with van der Waals surface area (Å²) in [5.41, 5.74) is 6.49. The molecule has 1 aromatic carbocycles. The van der Waals surface area contributed by atoms with Gasteiger partial charge in [-0.15, -0.1) is 11.3 Å². The van der Waals surface area contributed by atoms with Gasteiger partial charge in [-0.25, -0.2) is 0 Å². The van der Waals surface area contributed by atoms with Gasteiger partial charge < -0.3 is 9.92 Å². The Balaban J connectivity index is 2.14. The van der Waals surface area contributed by atoms with E-state index in [9.17, 15) is 8.42 Å². The Hall–Kier alpha value is -1.37. The van der Waals surface area contributed by atoms with Crippen LogP contribution < -0.4 is 9.92 Å². The average Bonchev–Trinajstić information content (AvgIpc) is 2.86. The largest absolute Gasteiger partial charge is 0.378 e. The van der Waals surface area contributed by atoms with Crippen LogP contribution in [0.5, 0.6) is 5.75 Å². The van der Waals surface area contributed by atoms with Crippen molar-refractivity contribution in [3.8, 4) is 5.75 Å². The molecule has 0 unspecified atom stereocenters. The fourth-order valence-electron chi connectivity index (χ4n) is 1.45. The van der Waals surface area contributed by atoms with Crippen molar-refractivity contribution in [3.63, 3.8) is 0 Å². The molecule has 96 valence electrons. The Bertz CT molecular complexity index is 589. The number of rotatable bonds is 5. The Morgan fingerprint density at radius 3 is 2.44 bits per heavy atom. The molecule has 6 heteroatoms. The molecule has 2 rings (SSSR count). The number of benzene rings is 1. The van der Waals surface area contributed by atoms with Crippen molar-refractivity contribution in [1.82, 2.24) is 0 Å². The Morgan fingerprint density at radius 2 is 1.89 bits per heavy atom. The Kier molecular flexibility index (Phi) is 4.00. The SMILES string of the molecule is NCCc1ccc(OS(=O)(=O)c2cccs2)cc1. The van der Waals surface area contributed by atoms with Crippen molar-refractivity contribution in [2.45, 2.75) is 10.6 Å². The molecule has 1 heterocycles. The fourth-order valence-corrected chi connectivity index (χ4v) is 3.33. The zero-order valence-corrected chi connectivity index (χ0v) is 11.2. The predicted octanol–water partition coefficient (Wildman–Crippen LogP) is 2.02. The van der Waals surface area contributed by atoms with E-state index < -0.39 is 10.1 Å². The molecule has 0 aliphatic rings. The van der Waals surface area contributed by atoms with Crippen molar-refractivity contribution in [2.24, 2.45) is 5.73 Å². The van der Waals surface area contributed by atoms with Crippen LogP contribution in [0.15, 0.2) is 46.0 Å². The molecule has 0 aliphatic carbocycles. The molecule has 0 fully saturated rings. The van der Waals surface area contributed by atoms with Crippen LogP contribution in [0.25, 0.3) is 0 Å². The third-order valence-corrected chi connectivity index (χ3v) is 4.91. The number of thiophene rings is 1. The van der Waals surface area contributed by atoms with Gasteiger partial charge in [-0.05, 0) is 42.1 Å². The summed E-state index contributed by atoms with van der Waals surface area (Å²) in [5, 5.41) is 1.70. The van der Waals surface area contributed by atoms with Gasteiger partial charge in [-0.2, -0.15) is 8.42 Å². The lowest BCUT2D eigenvalue weighted by Crippen LogP contribution is -2.08. The summed E-state index contributed by atoms with van der Waals surface area (Å²) in [5.74, 6) is 0.309. The Labute approximate surface area is 110 Å². The molecule has 18 heavy (non-hydrogen) atoms. The second-order valence-corrected chi connectivity index (χ2v) is 6.37. The van der Waals surface area contributed by atoms with Crippen LogP contribution in [0.3, 0.4) is 0 Å². The minimum atomic E-state index is -3.70. The van der Waals surface area contributed by atoms with E-state index in [0.717, 1.165) is 23.3 Å². The molecule has 2 aromatic rings. The second kappa shape index (κ2) is 5.51. The van der Waals surface area contributed by atoms with Crippen molar-refractivity contribution < 1.29 is 12.6 Å². The maximum atomic E-state index is 11.8. The number of hydrogen-bond donors (Lipinski definition) is 1. The lowest BCUT2D eigenvalue weighted by molar-refractivity contribution is 0.488. The van der Waals surface area contributed by atoms with Gasteiger partial charge in [-0.3, -0.25) is 0 Å². The highest BCUT2D eigenvalue weighted by atomic mass is 32.3. The van der Waals surface area contributed by atoms with Crippen LogP contribution >= 0.6 is 11.3 Å². The van der Waals surface area contributed by atoms with E-state index in [1.54, 1.807) is 23.6 Å². The highest BCUT2D eigenvalue weighted by Gasteiger charge is 2.17. The van der Waals surface area contributed by atoms with E-state index in [4.69, 9.17) is 9.92 Å². The van der Waals surface area contributed by atoms with Gasteiger partial charge >= 0.3 is 10.1 Å². The summed E-state index contributed by atoms with van der Waals surface area (Å²) in [4.78, 5) is 0. The molecule has 0 saturated carbocycles. The molecule has 4 nitrogen and oxygen atoms in total. The molecule has 0 saturated heterocycles. The van der Waals surface area contributed by atoms with E-state index in [0.29, 0.717) is 12.3 Å². The zero-order valence-electron chi connectivity index (χ0n) is 9.57. The number of nitrogens with two attached hydrogens (primary N) is 1. The van der Waals surface area contributed by atoms with E-state index in [1.807, 2.05) is 12.1 Å². The second-order valence-electron chi connectivity index (χ2n) is 3.65. The van der Waals surface area contributed by atoms with Crippen molar-refractivity contribution in [2.75, 3.05) is 6.54 Å². The summed E-state index contributed by atoms with van der Waals surface area (Å²) in [6, 6.07) is 10.1. The van der Waals surface area contributed by atoms with E-state index >= 15 is 0 Å². The van der Waals surface area contributed by atoms with Gasteiger partial charge in [0, 0.05) is 0 Å². The molecule has 0 bridgehead atoms. The summed E-state index contributed by atoms with van der Waals surface area (Å²) < 4.78 is 28.9. The highest BCUT2D eigenvalue weighted by Crippen LogP contribution is 2.22. The third-order valence-electron chi connectivity index (χ3n) is 2.30. The summed E-state index contributed by atoms with van der Waals surface area (Å²) in [6.45, 7) is 0.563. The molecule has 0 atom stereocenters. The van der Waals surface area contributed by atoms with E-state index in [2.05, 4.69) is 0 Å². The molecule has 0 amide bonds. The van der Waals surface area contributed by atoms with Gasteiger partial charge in [0.05, 0.1) is 0 Å². The monoisotopic (exact) mass is 283 g/mol.